The summed E-state index contributed by atoms with van der Waals surface area (Å²) in [6, 6.07) is 29.1. The van der Waals surface area contributed by atoms with Crippen LogP contribution in [0.3, 0.4) is 0 Å². The highest BCUT2D eigenvalue weighted by atomic mass is 32.2. The number of hydrogen-bond donors (Lipinski definition) is 2. The average Bonchev–Trinajstić information content (AvgIpc) is 3.44. The van der Waals surface area contributed by atoms with Gasteiger partial charge >= 0.3 is 6.03 Å². The molecule has 0 spiro atoms. The van der Waals surface area contributed by atoms with Gasteiger partial charge in [0.2, 0.25) is 0 Å². The van der Waals surface area contributed by atoms with Crippen molar-refractivity contribution >= 4 is 39.1 Å². The van der Waals surface area contributed by atoms with E-state index in [0.717, 1.165) is 11.8 Å². The van der Waals surface area contributed by atoms with Crippen LogP contribution in [0.5, 0.6) is 5.75 Å². The van der Waals surface area contributed by atoms with Crippen LogP contribution in [0.25, 0.3) is 23.0 Å². The van der Waals surface area contributed by atoms with E-state index in [1.165, 1.54) is 18.2 Å². The lowest BCUT2D eigenvalue weighted by Gasteiger charge is -2.07. The molecule has 43 heavy (non-hydrogen) atoms. The van der Waals surface area contributed by atoms with Crippen LogP contribution in [-0.4, -0.2) is 43.4 Å². The quantitative estimate of drug-likeness (QED) is 0.149. The first-order valence-corrected chi connectivity index (χ1v) is 15.1. The summed E-state index contributed by atoms with van der Waals surface area (Å²) in [5.41, 5.74) is 4.43. The van der Waals surface area contributed by atoms with E-state index in [-0.39, 0.29) is 16.7 Å². The van der Waals surface area contributed by atoms with Crippen molar-refractivity contribution < 1.29 is 22.7 Å². The lowest BCUT2D eigenvalue weighted by Crippen LogP contribution is -2.19. The number of nitrogens with one attached hydrogen (secondary N) is 2. The van der Waals surface area contributed by atoms with Crippen molar-refractivity contribution in [3.63, 3.8) is 0 Å². The number of ether oxygens (including phenoxy) is 1. The predicted molar refractivity (Wildman–Crippen MR) is 168 cm³/mol. The molecule has 1 heterocycles. The Bertz CT molecular complexity index is 1880. The molecule has 9 nitrogen and oxygen atoms in total. The number of urea groups is 1. The summed E-state index contributed by atoms with van der Waals surface area (Å²) in [5, 5.41) is 10.2. The molecule has 0 aliphatic heterocycles. The Hall–Kier alpha value is -5.48. The molecule has 0 fully saturated rings. The fraction of sp³-hybridized carbons (Fsp3) is 0.0606. The van der Waals surface area contributed by atoms with Crippen LogP contribution in [-0.2, 0) is 9.84 Å². The van der Waals surface area contributed by atoms with Gasteiger partial charge in [-0.1, -0.05) is 18.2 Å². The Labute approximate surface area is 249 Å². The zero-order valence-electron chi connectivity index (χ0n) is 23.4. The zero-order valence-corrected chi connectivity index (χ0v) is 24.2. The van der Waals surface area contributed by atoms with Crippen LogP contribution >= 0.6 is 0 Å². The predicted octanol–water partition coefficient (Wildman–Crippen LogP) is 6.49. The Morgan fingerprint density at radius 2 is 1.44 bits per heavy atom. The van der Waals surface area contributed by atoms with Gasteiger partial charge in [0.05, 0.1) is 23.4 Å². The Kier molecular flexibility index (Phi) is 8.49. The standard InChI is InChI=1S/C33H28N4O5S/c1-42-29-17-10-24(11-18-29)32-25(22-37(36-32)28-15-19-30(20-16-28)43(2,40)41)12-21-31(38)23-8-13-27(14-9-23)35-33(39)34-26-6-4-3-5-7-26/h3-22H,1-2H3,(H2,34,35,39)/b21-12+. The van der Waals surface area contributed by atoms with Gasteiger partial charge in [0.15, 0.2) is 15.6 Å². The van der Waals surface area contributed by atoms with Crippen LogP contribution in [0.1, 0.15) is 15.9 Å². The van der Waals surface area contributed by atoms with Crippen molar-refractivity contribution in [1.29, 1.82) is 0 Å². The summed E-state index contributed by atoms with van der Waals surface area (Å²) in [5.74, 6) is 0.466. The molecule has 2 amide bonds. The Morgan fingerprint density at radius 1 is 0.814 bits per heavy atom. The topological polar surface area (TPSA) is 119 Å². The van der Waals surface area contributed by atoms with Crippen LogP contribution in [0.2, 0.25) is 0 Å². The van der Waals surface area contributed by atoms with Gasteiger partial charge in [0.1, 0.15) is 5.75 Å². The fourth-order valence-electron chi connectivity index (χ4n) is 4.26. The van der Waals surface area contributed by atoms with Gasteiger partial charge < -0.3 is 15.4 Å². The number of anilines is 2. The Morgan fingerprint density at radius 3 is 2.05 bits per heavy atom. The van der Waals surface area contributed by atoms with Crippen LogP contribution in [0.4, 0.5) is 16.2 Å². The maximum Gasteiger partial charge on any atom is 0.323 e. The van der Waals surface area contributed by atoms with Gasteiger partial charge in [-0.25, -0.2) is 17.9 Å². The van der Waals surface area contributed by atoms with Gasteiger partial charge in [0.25, 0.3) is 0 Å². The smallest absolute Gasteiger partial charge is 0.323 e. The van der Waals surface area contributed by atoms with E-state index in [0.29, 0.717) is 39.6 Å². The van der Waals surface area contributed by atoms with Crippen LogP contribution in [0, 0.1) is 0 Å². The number of hydrogen-bond acceptors (Lipinski definition) is 6. The van der Waals surface area contributed by atoms with E-state index in [9.17, 15) is 18.0 Å². The number of amides is 2. The number of para-hydroxylation sites is 1. The molecule has 0 aliphatic carbocycles. The molecule has 5 rings (SSSR count). The molecule has 0 radical (unpaired) electrons. The number of carbonyl (C=O) groups is 2. The SMILES string of the molecule is COc1ccc(-c2nn(-c3ccc(S(C)(=O)=O)cc3)cc2/C=C/C(=O)c2ccc(NC(=O)Nc3ccccc3)cc2)cc1. The number of carbonyl (C=O) groups excluding carboxylic acids is 2. The van der Waals surface area contributed by atoms with E-state index in [4.69, 9.17) is 9.84 Å². The number of aromatic nitrogens is 2. The third-order valence-electron chi connectivity index (χ3n) is 6.51. The molecule has 0 saturated heterocycles. The van der Waals surface area contributed by atoms with Crippen molar-refractivity contribution in [1.82, 2.24) is 9.78 Å². The van der Waals surface area contributed by atoms with E-state index in [1.807, 2.05) is 42.5 Å². The normalized spacial score (nSPS) is 11.3. The second kappa shape index (κ2) is 12.6. The summed E-state index contributed by atoms with van der Waals surface area (Å²) in [7, 11) is -1.75. The highest BCUT2D eigenvalue weighted by molar-refractivity contribution is 7.90. The lowest BCUT2D eigenvalue weighted by atomic mass is 10.1. The molecule has 2 N–H and O–H groups in total. The van der Waals surface area contributed by atoms with Crippen molar-refractivity contribution in [2.45, 2.75) is 4.90 Å². The molecule has 5 aromatic rings. The fourth-order valence-corrected chi connectivity index (χ4v) is 4.89. The minimum Gasteiger partial charge on any atom is -0.497 e. The maximum absolute atomic E-state index is 13.0. The van der Waals surface area contributed by atoms with E-state index >= 15 is 0 Å². The number of allylic oxidation sites excluding steroid dienone is 1. The molecule has 216 valence electrons. The molecular weight excluding hydrogens is 564 g/mol. The maximum atomic E-state index is 13.0. The largest absolute Gasteiger partial charge is 0.497 e. The van der Waals surface area contributed by atoms with Crippen LogP contribution in [0.15, 0.2) is 120 Å². The highest BCUT2D eigenvalue weighted by Crippen LogP contribution is 2.27. The third kappa shape index (κ3) is 7.24. The number of methoxy groups -OCH3 is 1. The van der Waals surface area contributed by atoms with E-state index in [2.05, 4.69) is 10.6 Å². The molecule has 10 heteroatoms. The monoisotopic (exact) mass is 592 g/mol. The van der Waals surface area contributed by atoms with Gasteiger partial charge in [0, 0.05) is 40.5 Å². The first kappa shape index (κ1) is 29.0. The molecular formula is C33H28N4O5S. The molecule has 0 bridgehead atoms. The summed E-state index contributed by atoms with van der Waals surface area (Å²) < 4.78 is 30.7. The average molecular weight is 593 g/mol. The van der Waals surface area contributed by atoms with E-state index in [1.54, 1.807) is 72.6 Å². The summed E-state index contributed by atoms with van der Waals surface area (Å²) in [6.45, 7) is 0. The highest BCUT2D eigenvalue weighted by Gasteiger charge is 2.13. The third-order valence-corrected chi connectivity index (χ3v) is 7.64. The van der Waals surface area contributed by atoms with Crippen molar-refractivity contribution in [2.24, 2.45) is 0 Å². The zero-order chi connectivity index (χ0) is 30.4. The molecule has 0 atom stereocenters. The summed E-state index contributed by atoms with van der Waals surface area (Å²) >= 11 is 0. The van der Waals surface area contributed by atoms with Gasteiger partial charge in [-0.3, -0.25) is 4.79 Å². The molecule has 4 aromatic carbocycles. The second-order valence-electron chi connectivity index (χ2n) is 9.59. The Balaban J connectivity index is 1.36. The van der Waals surface area contributed by atoms with Gasteiger partial charge in [-0.05, 0) is 97.1 Å². The number of benzene rings is 4. The molecule has 0 unspecified atom stereocenters. The summed E-state index contributed by atoms with van der Waals surface area (Å²) in [4.78, 5) is 25.5. The minimum absolute atomic E-state index is 0.211. The second-order valence-corrected chi connectivity index (χ2v) is 11.6. The van der Waals surface area contributed by atoms with Crippen molar-refractivity contribution in [2.75, 3.05) is 24.0 Å². The first-order valence-electron chi connectivity index (χ1n) is 13.2. The van der Waals surface area contributed by atoms with Gasteiger partial charge in [-0.2, -0.15) is 5.10 Å². The number of sulfone groups is 1. The van der Waals surface area contributed by atoms with Gasteiger partial charge in [-0.15, -0.1) is 0 Å². The lowest BCUT2D eigenvalue weighted by molar-refractivity contribution is 0.104. The van der Waals surface area contributed by atoms with Crippen molar-refractivity contribution in [3.8, 4) is 22.7 Å². The number of rotatable bonds is 9. The van der Waals surface area contributed by atoms with Crippen LogP contribution < -0.4 is 15.4 Å². The first-order chi connectivity index (χ1) is 20.7. The molecule has 0 saturated carbocycles. The minimum atomic E-state index is -3.33. The van der Waals surface area contributed by atoms with Crippen molar-refractivity contribution in [3.05, 3.63) is 127 Å². The van der Waals surface area contributed by atoms with E-state index < -0.39 is 9.84 Å². The molecule has 1 aromatic heterocycles. The number of ketones is 1. The molecule has 0 aliphatic rings. The summed E-state index contributed by atoms with van der Waals surface area (Å²) in [6.07, 6.45) is 6.09. The number of nitrogens with zero attached hydrogens (tertiary/aromatic N) is 2.